The van der Waals surface area contributed by atoms with Crippen molar-refractivity contribution in [2.75, 3.05) is 6.61 Å². The highest BCUT2D eigenvalue weighted by Gasteiger charge is 2.07. The summed E-state index contributed by atoms with van der Waals surface area (Å²) in [4.78, 5) is 0. The Morgan fingerprint density at radius 1 is 1.86 bits per heavy atom. The summed E-state index contributed by atoms with van der Waals surface area (Å²) in [6.45, 7) is 3.23. The van der Waals surface area contributed by atoms with E-state index < -0.39 is 0 Å². The lowest BCUT2D eigenvalue weighted by Gasteiger charge is -2.15. The van der Waals surface area contributed by atoms with Crippen molar-refractivity contribution in [2.24, 2.45) is 0 Å². The molecular weight excluding hydrogens is 127 g/mol. The highest BCUT2D eigenvalue weighted by atomic mass is 32.7. The molecule has 3 heteroatoms. The molecule has 0 bridgehead atoms. The highest BCUT2D eigenvalue weighted by molar-refractivity contribution is 8.48. The van der Waals surface area contributed by atoms with Gasteiger partial charge in [0.05, 0.1) is 14.6 Å². The molecule has 0 aromatic carbocycles. The van der Waals surface area contributed by atoms with E-state index in [2.05, 4.69) is 6.92 Å². The van der Waals surface area contributed by atoms with E-state index in [0.717, 1.165) is 11.9 Å². The Kier molecular flexibility index (Phi) is 2.44. The number of hydrogen-bond acceptors (Lipinski definition) is 2. The van der Waals surface area contributed by atoms with Crippen molar-refractivity contribution in [1.29, 1.82) is 0 Å². The Hall–Kier alpha value is 0.740. The summed E-state index contributed by atoms with van der Waals surface area (Å²) in [5.74, 6) is 0. The van der Waals surface area contributed by atoms with Crippen molar-refractivity contribution in [3.63, 3.8) is 0 Å². The number of rotatable bonds is 0. The largest absolute Gasteiger partial charge is 0.351 e. The molecule has 1 fully saturated rings. The minimum Gasteiger partial charge on any atom is -0.351 e. The summed E-state index contributed by atoms with van der Waals surface area (Å²) in [5, 5.41) is 0.840. The van der Waals surface area contributed by atoms with Gasteiger partial charge in [-0.25, -0.2) is 0 Å². The van der Waals surface area contributed by atoms with Gasteiger partial charge >= 0.3 is 0 Å². The fourth-order valence-electron chi connectivity index (χ4n) is 0.442. The fraction of sp³-hybridized carbons (Fsp3) is 1.00. The Bertz CT molecular complexity index is 53.7. The van der Waals surface area contributed by atoms with Crippen molar-refractivity contribution >= 4 is 19.4 Å². The van der Waals surface area contributed by atoms with Crippen LogP contribution in [0, 0.1) is 0 Å². The molecule has 0 N–H and O–H groups in total. The summed E-state index contributed by atoms with van der Waals surface area (Å²) in [6.07, 6.45) is 1.23. The van der Waals surface area contributed by atoms with Gasteiger partial charge in [0.1, 0.15) is 0 Å². The molecule has 1 aliphatic heterocycles. The van der Waals surface area contributed by atoms with Gasteiger partial charge in [-0.15, -0.1) is 11.4 Å². The second-order valence-corrected chi connectivity index (χ2v) is 4.35. The normalized spacial score (nSPS) is 36.4. The monoisotopic (exact) mass is 136 g/mol. The molecule has 0 aromatic rings. The van der Waals surface area contributed by atoms with Crippen LogP contribution in [0.5, 0.6) is 0 Å². The molecule has 2 unspecified atom stereocenters. The van der Waals surface area contributed by atoms with Crippen LogP contribution in [0.2, 0.25) is 0 Å². The molecule has 0 saturated carbocycles. The first-order valence-electron chi connectivity index (χ1n) is 2.42. The van der Waals surface area contributed by atoms with Gasteiger partial charge in [-0.05, 0) is 6.42 Å². The van der Waals surface area contributed by atoms with Crippen molar-refractivity contribution in [2.45, 2.75) is 18.6 Å². The third kappa shape index (κ3) is 1.98. The fourth-order valence-corrected chi connectivity index (χ4v) is 2.39. The molecule has 1 saturated heterocycles. The molecule has 1 rings (SSSR count). The molecule has 1 heterocycles. The molecule has 0 aromatic heterocycles. The zero-order valence-electron chi connectivity index (χ0n) is 4.31. The average molecular weight is 136 g/mol. The smallest absolute Gasteiger partial charge is 0.0747 e. The van der Waals surface area contributed by atoms with Crippen molar-refractivity contribution in [3.05, 3.63) is 0 Å². The lowest BCUT2D eigenvalue weighted by Crippen LogP contribution is -2.02. The molecule has 42 valence electrons. The second kappa shape index (κ2) is 2.91. The van der Waals surface area contributed by atoms with Crippen LogP contribution in [0.25, 0.3) is 0 Å². The van der Waals surface area contributed by atoms with Crippen LogP contribution in [0.3, 0.4) is 0 Å². The standard InChI is InChI=1S/C4H9OPS/c1-4-2-3-5-6-7-4/h4,6H,2-3H2,1H3. The van der Waals surface area contributed by atoms with Crippen LogP contribution in [0.4, 0.5) is 0 Å². The van der Waals surface area contributed by atoms with Gasteiger partial charge in [0.25, 0.3) is 0 Å². The highest BCUT2D eigenvalue weighted by Crippen LogP contribution is 2.39. The third-order valence-electron chi connectivity index (χ3n) is 0.935. The average Bonchev–Trinajstić information content (AvgIpc) is 1.69. The van der Waals surface area contributed by atoms with Crippen LogP contribution in [-0.4, -0.2) is 11.9 Å². The Morgan fingerprint density at radius 3 is 3.00 bits per heavy atom. The van der Waals surface area contributed by atoms with E-state index in [1.54, 1.807) is 0 Å². The first kappa shape index (κ1) is 5.87. The van der Waals surface area contributed by atoms with Gasteiger partial charge in [0, 0.05) is 5.25 Å². The SMILES string of the molecule is CC1CCOPS1. The van der Waals surface area contributed by atoms with E-state index in [0.29, 0.717) is 8.01 Å². The Balaban J connectivity index is 2.12. The maximum absolute atomic E-state index is 5.13. The zero-order valence-corrected chi connectivity index (χ0v) is 6.12. The first-order chi connectivity index (χ1) is 3.39. The van der Waals surface area contributed by atoms with E-state index >= 15 is 0 Å². The van der Waals surface area contributed by atoms with Crippen LogP contribution in [0.1, 0.15) is 13.3 Å². The van der Waals surface area contributed by atoms with Crippen molar-refractivity contribution in [3.8, 4) is 0 Å². The molecular formula is C4H9OPS. The first-order valence-corrected chi connectivity index (χ1v) is 4.93. The molecule has 0 amide bonds. The minimum atomic E-state index is 0.699. The van der Waals surface area contributed by atoms with Crippen molar-refractivity contribution in [1.82, 2.24) is 0 Å². The molecule has 0 aliphatic carbocycles. The predicted molar refractivity (Wildman–Crippen MR) is 35.9 cm³/mol. The summed E-state index contributed by atoms with van der Waals surface area (Å²) < 4.78 is 5.13. The van der Waals surface area contributed by atoms with Crippen molar-refractivity contribution < 1.29 is 4.52 Å². The van der Waals surface area contributed by atoms with E-state index in [-0.39, 0.29) is 0 Å². The lowest BCUT2D eigenvalue weighted by atomic mass is 10.4. The minimum absolute atomic E-state index is 0.699. The van der Waals surface area contributed by atoms with Crippen LogP contribution in [-0.2, 0) is 4.52 Å². The summed E-state index contributed by atoms with van der Waals surface area (Å²) >= 11 is 1.92. The molecule has 0 radical (unpaired) electrons. The summed E-state index contributed by atoms with van der Waals surface area (Å²) in [5.41, 5.74) is 0. The van der Waals surface area contributed by atoms with Gasteiger partial charge < -0.3 is 4.52 Å². The predicted octanol–water partition coefficient (Wildman–Crippen LogP) is 2.04. The molecule has 0 spiro atoms. The summed E-state index contributed by atoms with van der Waals surface area (Å²) in [6, 6.07) is 0. The van der Waals surface area contributed by atoms with Crippen LogP contribution < -0.4 is 0 Å². The van der Waals surface area contributed by atoms with Crippen LogP contribution in [0.15, 0.2) is 0 Å². The van der Waals surface area contributed by atoms with E-state index in [9.17, 15) is 0 Å². The van der Waals surface area contributed by atoms with E-state index in [1.807, 2.05) is 11.4 Å². The van der Waals surface area contributed by atoms with Gasteiger partial charge in [0.15, 0.2) is 0 Å². The van der Waals surface area contributed by atoms with E-state index in [4.69, 9.17) is 4.52 Å². The molecule has 1 nitrogen and oxygen atoms in total. The van der Waals surface area contributed by atoms with Gasteiger partial charge in [-0.3, -0.25) is 0 Å². The molecule has 2 atom stereocenters. The zero-order chi connectivity index (χ0) is 5.11. The Labute approximate surface area is 49.8 Å². The Morgan fingerprint density at radius 2 is 2.71 bits per heavy atom. The van der Waals surface area contributed by atoms with Crippen LogP contribution >= 0.6 is 19.4 Å². The number of hydrogen-bond donors (Lipinski definition) is 0. The third-order valence-corrected chi connectivity index (χ3v) is 3.84. The summed E-state index contributed by atoms with van der Waals surface area (Å²) in [7, 11) is 0.699. The topological polar surface area (TPSA) is 9.23 Å². The second-order valence-electron chi connectivity index (χ2n) is 1.65. The van der Waals surface area contributed by atoms with Gasteiger partial charge in [0.2, 0.25) is 0 Å². The maximum Gasteiger partial charge on any atom is 0.0747 e. The lowest BCUT2D eigenvalue weighted by molar-refractivity contribution is 0.355. The molecule has 7 heavy (non-hydrogen) atoms. The molecule has 1 aliphatic rings. The van der Waals surface area contributed by atoms with Gasteiger partial charge in [-0.1, -0.05) is 6.92 Å². The maximum atomic E-state index is 5.13. The quantitative estimate of drug-likeness (QED) is 0.471. The van der Waals surface area contributed by atoms with Gasteiger partial charge in [-0.2, -0.15) is 0 Å². The van der Waals surface area contributed by atoms with E-state index in [1.165, 1.54) is 6.42 Å².